The van der Waals surface area contributed by atoms with Crippen LogP contribution in [0.1, 0.15) is 64.7 Å². The van der Waals surface area contributed by atoms with Crippen molar-refractivity contribution in [2.45, 2.75) is 76.8 Å². The van der Waals surface area contributed by atoms with Gasteiger partial charge in [0.05, 0.1) is 6.61 Å². The maximum absolute atomic E-state index is 11.3. The van der Waals surface area contributed by atoms with Crippen LogP contribution in [-0.2, 0) is 9.53 Å². The third kappa shape index (κ3) is 6.79. The van der Waals surface area contributed by atoms with Crippen LogP contribution in [0.15, 0.2) is 0 Å². The van der Waals surface area contributed by atoms with E-state index < -0.39 is 0 Å². The highest BCUT2D eigenvalue weighted by molar-refractivity contribution is 5.69. The van der Waals surface area contributed by atoms with Crippen LogP contribution in [0.25, 0.3) is 0 Å². The second kappa shape index (κ2) is 9.42. The van der Waals surface area contributed by atoms with Gasteiger partial charge in [-0.15, -0.1) is 0 Å². The Labute approximate surface area is 129 Å². The summed E-state index contributed by atoms with van der Waals surface area (Å²) in [5, 5.41) is 3.66. The number of nitrogens with zero attached hydrogens (tertiary/aromatic N) is 1. The molecule has 21 heavy (non-hydrogen) atoms. The Hall–Kier alpha value is -0.610. The molecule has 122 valence electrons. The second-order valence-corrected chi connectivity index (χ2v) is 6.49. The predicted octanol–water partition coefficient (Wildman–Crippen LogP) is 2.72. The van der Waals surface area contributed by atoms with Crippen molar-refractivity contribution in [3.05, 3.63) is 0 Å². The lowest BCUT2D eigenvalue weighted by atomic mass is 10.0. The van der Waals surface area contributed by atoms with Gasteiger partial charge in [-0.1, -0.05) is 12.8 Å². The maximum Gasteiger partial charge on any atom is 0.305 e. The van der Waals surface area contributed by atoms with Gasteiger partial charge < -0.3 is 10.1 Å². The van der Waals surface area contributed by atoms with Gasteiger partial charge in [-0.25, -0.2) is 0 Å². The van der Waals surface area contributed by atoms with E-state index >= 15 is 0 Å². The van der Waals surface area contributed by atoms with Crippen molar-refractivity contribution in [2.24, 2.45) is 0 Å². The summed E-state index contributed by atoms with van der Waals surface area (Å²) in [6, 6.07) is 1.55. The van der Waals surface area contributed by atoms with Crippen molar-refractivity contribution >= 4 is 5.97 Å². The van der Waals surface area contributed by atoms with Crippen LogP contribution >= 0.6 is 0 Å². The van der Waals surface area contributed by atoms with E-state index in [1.807, 2.05) is 6.92 Å². The van der Waals surface area contributed by atoms with Crippen LogP contribution in [0.4, 0.5) is 0 Å². The number of rotatable bonds is 10. The zero-order valence-electron chi connectivity index (χ0n) is 13.6. The smallest absolute Gasteiger partial charge is 0.305 e. The fraction of sp³-hybridized carbons (Fsp3) is 0.941. The summed E-state index contributed by atoms with van der Waals surface area (Å²) in [5.74, 6) is -0.0389. The molecule has 1 unspecified atom stereocenters. The van der Waals surface area contributed by atoms with E-state index in [1.54, 1.807) is 0 Å². The third-order valence-corrected chi connectivity index (χ3v) is 4.56. The van der Waals surface area contributed by atoms with E-state index in [1.165, 1.54) is 58.2 Å². The number of unbranched alkanes of at least 4 members (excludes halogenated alkanes) is 2. The van der Waals surface area contributed by atoms with Crippen molar-refractivity contribution in [3.63, 3.8) is 0 Å². The minimum absolute atomic E-state index is 0.0389. The molecule has 4 nitrogen and oxygen atoms in total. The van der Waals surface area contributed by atoms with Gasteiger partial charge in [0.15, 0.2) is 0 Å². The Kier molecular flexibility index (Phi) is 7.51. The Morgan fingerprint density at radius 3 is 2.71 bits per heavy atom. The molecule has 0 aromatic heterocycles. The maximum atomic E-state index is 11.3. The topological polar surface area (TPSA) is 41.6 Å². The van der Waals surface area contributed by atoms with Gasteiger partial charge in [0.2, 0.25) is 0 Å². The van der Waals surface area contributed by atoms with Gasteiger partial charge in [-0.3, -0.25) is 9.69 Å². The molecule has 1 aliphatic carbocycles. The molecule has 1 heterocycles. The molecule has 4 heteroatoms. The molecular formula is C17H32N2O2. The van der Waals surface area contributed by atoms with E-state index in [2.05, 4.69) is 10.2 Å². The lowest BCUT2D eigenvalue weighted by Gasteiger charge is -2.30. The van der Waals surface area contributed by atoms with Crippen LogP contribution in [0.5, 0.6) is 0 Å². The highest BCUT2D eigenvalue weighted by Crippen LogP contribution is 2.28. The van der Waals surface area contributed by atoms with Gasteiger partial charge in [-0.05, 0) is 58.5 Å². The number of ether oxygens (including phenoxy) is 1. The summed E-state index contributed by atoms with van der Waals surface area (Å²) in [5.41, 5.74) is 0. The normalized spacial score (nSPS) is 22.5. The molecule has 0 aromatic carbocycles. The van der Waals surface area contributed by atoms with Crippen molar-refractivity contribution in [1.82, 2.24) is 10.2 Å². The Bertz CT molecular complexity index is 299. The average Bonchev–Trinajstić information content (AvgIpc) is 3.32. The first-order valence-corrected chi connectivity index (χ1v) is 8.92. The largest absolute Gasteiger partial charge is 0.466 e. The van der Waals surface area contributed by atoms with Crippen LogP contribution in [-0.4, -0.2) is 49.2 Å². The molecular weight excluding hydrogens is 264 g/mol. The highest BCUT2D eigenvalue weighted by Gasteiger charge is 2.30. The van der Waals surface area contributed by atoms with Crippen LogP contribution in [0, 0.1) is 0 Å². The summed E-state index contributed by atoms with van der Waals surface area (Å²) >= 11 is 0. The number of hydrogen-bond donors (Lipinski definition) is 1. The van der Waals surface area contributed by atoms with Gasteiger partial charge >= 0.3 is 5.97 Å². The predicted molar refractivity (Wildman–Crippen MR) is 85.3 cm³/mol. The first-order valence-electron chi connectivity index (χ1n) is 8.92. The van der Waals surface area contributed by atoms with Crippen molar-refractivity contribution in [1.29, 1.82) is 0 Å². The molecule has 1 saturated heterocycles. The lowest BCUT2D eigenvalue weighted by Crippen LogP contribution is -2.44. The van der Waals surface area contributed by atoms with E-state index in [0.717, 1.165) is 18.9 Å². The molecule has 2 rings (SSSR count). The van der Waals surface area contributed by atoms with Crippen molar-refractivity contribution < 1.29 is 9.53 Å². The van der Waals surface area contributed by atoms with Crippen LogP contribution in [0.3, 0.4) is 0 Å². The number of carbonyl (C=O) groups is 1. The monoisotopic (exact) mass is 296 g/mol. The minimum atomic E-state index is -0.0389. The SMILES string of the molecule is CCOC(=O)CCCCCN(CC1CCCCN1)C1CC1. The summed E-state index contributed by atoms with van der Waals surface area (Å²) < 4.78 is 4.96. The molecule has 1 saturated carbocycles. The number of esters is 1. The standard InChI is InChI=1S/C17H32N2O2/c1-2-21-17(20)9-4-3-7-13-19(16-10-11-16)14-15-8-5-6-12-18-15/h15-16,18H,2-14H2,1H3. The number of piperidine rings is 1. The minimum Gasteiger partial charge on any atom is -0.466 e. The zero-order chi connectivity index (χ0) is 14.9. The number of nitrogens with one attached hydrogen (secondary N) is 1. The van der Waals surface area contributed by atoms with Crippen molar-refractivity contribution in [2.75, 3.05) is 26.2 Å². The summed E-state index contributed by atoms with van der Waals surface area (Å²) in [6.45, 7) is 5.99. The van der Waals surface area contributed by atoms with Gasteiger partial charge in [0.25, 0.3) is 0 Å². The fourth-order valence-electron chi connectivity index (χ4n) is 3.22. The molecule has 2 fully saturated rings. The first-order chi connectivity index (χ1) is 10.3. The Morgan fingerprint density at radius 1 is 1.19 bits per heavy atom. The average molecular weight is 296 g/mol. The Morgan fingerprint density at radius 2 is 2.05 bits per heavy atom. The molecule has 0 spiro atoms. The molecule has 1 N–H and O–H groups in total. The van der Waals surface area contributed by atoms with Crippen LogP contribution in [0.2, 0.25) is 0 Å². The van der Waals surface area contributed by atoms with E-state index in [-0.39, 0.29) is 5.97 Å². The summed E-state index contributed by atoms with van der Waals surface area (Å²) in [7, 11) is 0. The Balaban J connectivity index is 1.56. The third-order valence-electron chi connectivity index (χ3n) is 4.56. The summed E-state index contributed by atoms with van der Waals surface area (Å²) in [6.07, 6.45) is 10.7. The van der Waals surface area contributed by atoms with Gasteiger partial charge in [-0.2, -0.15) is 0 Å². The molecule has 0 bridgehead atoms. The molecule has 1 atom stereocenters. The molecule has 2 aliphatic rings. The number of hydrogen-bond acceptors (Lipinski definition) is 4. The van der Waals surface area contributed by atoms with E-state index in [9.17, 15) is 4.79 Å². The van der Waals surface area contributed by atoms with E-state index in [0.29, 0.717) is 19.1 Å². The fourth-order valence-corrected chi connectivity index (χ4v) is 3.22. The second-order valence-electron chi connectivity index (χ2n) is 6.49. The lowest BCUT2D eigenvalue weighted by molar-refractivity contribution is -0.143. The molecule has 0 amide bonds. The molecule has 0 radical (unpaired) electrons. The van der Waals surface area contributed by atoms with Gasteiger partial charge in [0, 0.05) is 25.0 Å². The van der Waals surface area contributed by atoms with Crippen LogP contribution < -0.4 is 5.32 Å². The molecule has 1 aliphatic heterocycles. The molecule has 0 aromatic rings. The van der Waals surface area contributed by atoms with E-state index in [4.69, 9.17) is 4.74 Å². The zero-order valence-corrected chi connectivity index (χ0v) is 13.6. The van der Waals surface area contributed by atoms with Gasteiger partial charge in [0.1, 0.15) is 0 Å². The highest BCUT2D eigenvalue weighted by atomic mass is 16.5. The quantitative estimate of drug-likeness (QED) is 0.497. The summed E-state index contributed by atoms with van der Waals surface area (Å²) in [4.78, 5) is 14.0. The first kappa shape index (κ1) is 16.8. The number of carbonyl (C=O) groups excluding carboxylic acids is 1. The van der Waals surface area contributed by atoms with Crippen molar-refractivity contribution in [3.8, 4) is 0 Å².